The van der Waals surface area contributed by atoms with Crippen molar-refractivity contribution in [3.05, 3.63) is 76.5 Å². The molecule has 172 valence electrons. The molecule has 1 N–H and O–H groups in total. The van der Waals surface area contributed by atoms with Gasteiger partial charge in [0.25, 0.3) is 0 Å². The van der Waals surface area contributed by atoms with E-state index in [1.54, 1.807) is 22.9 Å². The van der Waals surface area contributed by atoms with Crippen molar-refractivity contribution in [3.8, 4) is 22.9 Å². The normalized spacial score (nSPS) is 12.6. The van der Waals surface area contributed by atoms with Crippen molar-refractivity contribution < 1.29 is 9.13 Å². The molecule has 2 aromatic heterocycles. The lowest BCUT2D eigenvalue weighted by molar-refractivity contribution is 0.356. The molecule has 0 saturated carbocycles. The molecule has 0 spiro atoms. The summed E-state index contributed by atoms with van der Waals surface area (Å²) in [6.45, 7) is 3.75. The van der Waals surface area contributed by atoms with Gasteiger partial charge in [-0.25, -0.2) is 14.4 Å². The van der Waals surface area contributed by atoms with E-state index < -0.39 is 0 Å². The smallest absolute Gasteiger partial charge is 0.208 e. The molecule has 34 heavy (non-hydrogen) atoms. The van der Waals surface area contributed by atoms with E-state index in [0.29, 0.717) is 35.9 Å². The zero-order chi connectivity index (χ0) is 23.8. The van der Waals surface area contributed by atoms with Crippen LogP contribution in [0.5, 0.6) is 5.75 Å². The Morgan fingerprint density at radius 3 is 2.88 bits per heavy atom. The summed E-state index contributed by atoms with van der Waals surface area (Å²) in [6, 6.07) is 11.5. The first kappa shape index (κ1) is 21.9. The van der Waals surface area contributed by atoms with E-state index in [1.165, 1.54) is 17.2 Å². The van der Waals surface area contributed by atoms with Crippen molar-refractivity contribution in [1.29, 1.82) is 5.26 Å². The van der Waals surface area contributed by atoms with Gasteiger partial charge in [0.15, 0.2) is 11.3 Å². The summed E-state index contributed by atoms with van der Waals surface area (Å²) < 4.78 is 21.9. The number of benzene rings is 2. The van der Waals surface area contributed by atoms with Crippen molar-refractivity contribution in [1.82, 2.24) is 19.3 Å². The summed E-state index contributed by atoms with van der Waals surface area (Å²) in [5.74, 6) is 0.944. The van der Waals surface area contributed by atoms with E-state index in [1.807, 2.05) is 14.1 Å². The number of fused-ring (bicyclic) bond motifs is 2. The average Bonchev–Trinajstić information content (AvgIpc) is 3.46. The molecule has 0 bridgehead atoms. The number of imidazole rings is 1. The molecule has 0 aliphatic carbocycles. The number of nitriles is 1. The van der Waals surface area contributed by atoms with Gasteiger partial charge in [-0.2, -0.15) is 5.26 Å². The van der Waals surface area contributed by atoms with Crippen LogP contribution in [0.25, 0.3) is 16.8 Å². The summed E-state index contributed by atoms with van der Waals surface area (Å²) in [7, 11) is 4.09. The number of hydrogen-bond donors (Lipinski definition) is 1. The predicted molar refractivity (Wildman–Crippen MR) is 128 cm³/mol. The summed E-state index contributed by atoms with van der Waals surface area (Å²) in [4.78, 5) is 11.3. The predicted octanol–water partition coefficient (Wildman–Crippen LogP) is 4.32. The van der Waals surface area contributed by atoms with Crippen LogP contribution in [0.2, 0.25) is 0 Å². The minimum atomic E-state index is -0.277. The second-order valence-electron chi connectivity index (χ2n) is 8.76. The van der Waals surface area contributed by atoms with E-state index in [-0.39, 0.29) is 12.4 Å². The van der Waals surface area contributed by atoms with Crippen molar-refractivity contribution in [2.45, 2.75) is 26.4 Å². The van der Waals surface area contributed by atoms with Crippen LogP contribution in [0.4, 0.5) is 10.3 Å². The van der Waals surface area contributed by atoms with Gasteiger partial charge in [0.2, 0.25) is 5.95 Å². The maximum absolute atomic E-state index is 14.6. The Kier molecular flexibility index (Phi) is 5.64. The van der Waals surface area contributed by atoms with E-state index >= 15 is 0 Å². The Labute approximate surface area is 197 Å². The molecule has 7 nitrogen and oxygen atoms in total. The van der Waals surface area contributed by atoms with E-state index in [0.717, 1.165) is 29.0 Å². The number of nitrogens with one attached hydrogen (secondary N) is 1. The van der Waals surface area contributed by atoms with E-state index in [2.05, 4.69) is 51.4 Å². The largest absolute Gasteiger partial charge is 0.493 e. The molecule has 2 aromatic carbocycles. The number of ether oxygens (including phenoxy) is 1. The zero-order valence-corrected chi connectivity index (χ0v) is 19.4. The first-order chi connectivity index (χ1) is 16.4. The molecule has 0 radical (unpaired) electrons. The Balaban J connectivity index is 1.51. The van der Waals surface area contributed by atoms with Crippen molar-refractivity contribution in [2.75, 3.05) is 26.0 Å². The molecular weight excluding hydrogens is 431 g/mol. The number of nitrogens with zero attached hydrogens (tertiary/aromatic N) is 5. The van der Waals surface area contributed by atoms with Gasteiger partial charge < -0.3 is 15.0 Å². The number of aryl methyl sites for hydroxylation is 1. The molecule has 1 aliphatic heterocycles. The van der Waals surface area contributed by atoms with Crippen LogP contribution >= 0.6 is 0 Å². The number of anilines is 1. The third-order valence-corrected chi connectivity index (χ3v) is 6.11. The fourth-order valence-electron chi connectivity index (χ4n) is 4.42. The van der Waals surface area contributed by atoms with Gasteiger partial charge in [0.05, 0.1) is 12.8 Å². The standard InChI is InChI=1S/C26H25FN6O/c1-16-10-17(4-5-18(16)14-32(2)3)21-12-29-26(33-15-19(11-28)31-25(21)33)30-13-22-20-8-9-34-24(20)7-6-23(22)27/h4-7,10,12,15H,8-9,13-14H2,1-3H3,(H,29,30). The Morgan fingerprint density at radius 1 is 1.26 bits per heavy atom. The second kappa shape index (κ2) is 8.76. The monoisotopic (exact) mass is 456 g/mol. The van der Waals surface area contributed by atoms with Crippen LogP contribution in [0.3, 0.4) is 0 Å². The number of rotatable bonds is 6. The highest BCUT2D eigenvalue weighted by Gasteiger charge is 2.20. The molecule has 3 heterocycles. The summed E-state index contributed by atoms with van der Waals surface area (Å²) >= 11 is 0. The summed E-state index contributed by atoms with van der Waals surface area (Å²) in [5, 5.41) is 12.7. The number of hydrogen-bond acceptors (Lipinski definition) is 6. The van der Waals surface area contributed by atoms with E-state index in [4.69, 9.17) is 4.74 Å². The third-order valence-electron chi connectivity index (χ3n) is 6.11. The van der Waals surface area contributed by atoms with Crippen molar-refractivity contribution >= 4 is 11.6 Å². The lowest BCUT2D eigenvalue weighted by Gasteiger charge is -2.15. The van der Waals surface area contributed by atoms with Gasteiger partial charge in [-0.1, -0.05) is 18.2 Å². The molecule has 0 atom stereocenters. The fourth-order valence-corrected chi connectivity index (χ4v) is 4.42. The van der Waals surface area contributed by atoms with Crippen LogP contribution in [-0.4, -0.2) is 40.0 Å². The molecule has 4 aromatic rings. The molecular formula is C26H25FN6O. The van der Waals surface area contributed by atoms with Gasteiger partial charge >= 0.3 is 0 Å². The minimum Gasteiger partial charge on any atom is -0.493 e. The van der Waals surface area contributed by atoms with Gasteiger partial charge in [0.1, 0.15) is 17.6 Å². The van der Waals surface area contributed by atoms with Gasteiger partial charge in [-0.05, 0) is 49.8 Å². The average molecular weight is 457 g/mol. The van der Waals surface area contributed by atoms with Gasteiger partial charge in [0, 0.05) is 42.4 Å². The lowest BCUT2D eigenvalue weighted by atomic mass is 10.0. The van der Waals surface area contributed by atoms with Gasteiger partial charge in [-0.15, -0.1) is 0 Å². The maximum Gasteiger partial charge on any atom is 0.208 e. The molecule has 0 fully saturated rings. The van der Waals surface area contributed by atoms with Crippen LogP contribution < -0.4 is 10.1 Å². The Morgan fingerprint density at radius 2 is 2.12 bits per heavy atom. The molecule has 0 unspecified atom stereocenters. The highest BCUT2D eigenvalue weighted by Crippen LogP contribution is 2.31. The molecule has 0 amide bonds. The fraction of sp³-hybridized carbons (Fsp3) is 0.269. The first-order valence-corrected chi connectivity index (χ1v) is 11.1. The SMILES string of the molecule is Cc1cc(-c2cnc(NCc3c(F)ccc4c3CCO4)n3cc(C#N)nc23)ccc1CN(C)C. The lowest BCUT2D eigenvalue weighted by Crippen LogP contribution is -2.11. The van der Waals surface area contributed by atoms with E-state index in [9.17, 15) is 9.65 Å². The quantitative estimate of drug-likeness (QED) is 0.466. The van der Waals surface area contributed by atoms with Crippen LogP contribution in [-0.2, 0) is 19.5 Å². The highest BCUT2D eigenvalue weighted by atomic mass is 19.1. The molecule has 5 rings (SSSR count). The molecule has 0 saturated heterocycles. The maximum atomic E-state index is 14.6. The van der Waals surface area contributed by atoms with Gasteiger partial charge in [-0.3, -0.25) is 4.40 Å². The molecule has 8 heteroatoms. The van der Waals surface area contributed by atoms with Crippen molar-refractivity contribution in [3.63, 3.8) is 0 Å². The van der Waals surface area contributed by atoms with Crippen LogP contribution in [0.1, 0.15) is 27.9 Å². The second-order valence-corrected chi connectivity index (χ2v) is 8.76. The highest BCUT2D eigenvalue weighted by molar-refractivity contribution is 5.79. The molecule has 1 aliphatic rings. The Hall–Kier alpha value is -3.96. The summed E-state index contributed by atoms with van der Waals surface area (Å²) in [6.07, 6.45) is 4.08. The summed E-state index contributed by atoms with van der Waals surface area (Å²) in [5.41, 5.74) is 6.59. The van der Waals surface area contributed by atoms with Crippen molar-refractivity contribution in [2.24, 2.45) is 0 Å². The van der Waals surface area contributed by atoms with Crippen LogP contribution in [0.15, 0.2) is 42.7 Å². The number of halogens is 1. The number of aromatic nitrogens is 3. The minimum absolute atomic E-state index is 0.248. The first-order valence-electron chi connectivity index (χ1n) is 11.1. The van der Waals surface area contributed by atoms with Crippen LogP contribution in [0, 0.1) is 24.1 Å². The zero-order valence-electron chi connectivity index (χ0n) is 19.4. The topological polar surface area (TPSA) is 78.5 Å². The third kappa shape index (κ3) is 3.95. The Bertz CT molecular complexity index is 1440.